The summed E-state index contributed by atoms with van der Waals surface area (Å²) in [5.41, 5.74) is 0.422. The highest BCUT2D eigenvalue weighted by atomic mass is 16.5. The smallest absolute Gasteiger partial charge is 0.341 e. The summed E-state index contributed by atoms with van der Waals surface area (Å²) < 4.78 is 15.2. The average Bonchev–Trinajstić information content (AvgIpc) is 2.84. The molecular weight excluding hydrogens is 234 g/mol. The maximum atomic E-state index is 11.2. The molecule has 1 rings (SSSR count). The van der Waals surface area contributed by atoms with Crippen molar-refractivity contribution in [2.75, 3.05) is 20.3 Å². The molecule has 1 N–H and O–H groups in total. The molecule has 0 saturated heterocycles. The zero-order valence-electron chi connectivity index (χ0n) is 10.8. The molecule has 100 valence electrons. The Morgan fingerprint density at radius 2 is 2.44 bits per heavy atom. The molecule has 1 atom stereocenters. The van der Waals surface area contributed by atoms with E-state index in [0.29, 0.717) is 31.0 Å². The third-order valence-electron chi connectivity index (χ3n) is 2.30. The number of furan rings is 1. The molecule has 5 nitrogen and oxygen atoms in total. The lowest BCUT2D eigenvalue weighted by atomic mass is 10.3. The predicted octanol–water partition coefficient (Wildman–Crippen LogP) is 1.75. The van der Waals surface area contributed by atoms with E-state index in [1.165, 1.54) is 13.4 Å². The van der Waals surface area contributed by atoms with Crippen LogP contribution in [0.5, 0.6) is 0 Å². The van der Waals surface area contributed by atoms with Crippen LogP contribution in [0, 0.1) is 0 Å². The number of rotatable bonds is 8. The van der Waals surface area contributed by atoms with Crippen molar-refractivity contribution in [1.29, 1.82) is 0 Å². The van der Waals surface area contributed by atoms with E-state index in [2.05, 4.69) is 16.6 Å². The Morgan fingerprint density at radius 1 is 1.67 bits per heavy atom. The van der Waals surface area contributed by atoms with Gasteiger partial charge in [0, 0.05) is 6.54 Å². The van der Waals surface area contributed by atoms with Crippen LogP contribution < -0.4 is 5.32 Å². The van der Waals surface area contributed by atoms with Crippen molar-refractivity contribution in [1.82, 2.24) is 5.32 Å². The molecule has 0 aliphatic heterocycles. The second kappa shape index (κ2) is 7.68. The van der Waals surface area contributed by atoms with E-state index < -0.39 is 5.97 Å². The lowest BCUT2D eigenvalue weighted by Crippen LogP contribution is -2.26. The summed E-state index contributed by atoms with van der Waals surface area (Å²) in [6.45, 7) is 7.33. The van der Waals surface area contributed by atoms with E-state index in [1.807, 2.05) is 6.92 Å². The van der Waals surface area contributed by atoms with Crippen molar-refractivity contribution < 1.29 is 18.7 Å². The third-order valence-corrected chi connectivity index (χ3v) is 2.30. The molecule has 1 unspecified atom stereocenters. The summed E-state index contributed by atoms with van der Waals surface area (Å²) in [7, 11) is 1.34. The van der Waals surface area contributed by atoms with Gasteiger partial charge in [0.25, 0.3) is 0 Å². The van der Waals surface area contributed by atoms with E-state index in [9.17, 15) is 4.79 Å². The molecule has 0 bridgehead atoms. The maximum Gasteiger partial charge on any atom is 0.341 e. The Bertz CT molecular complexity index is 386. The third kappa shape index (κ3) is 4.73. The topological polar surface area (TPSA) is 60.7 Å². The summed E-state index contributed by atoms with van der Waals surface area (Å²) >= 11 is 0. The van der Waals surface area contributed by atoms with E-state index >= 15 is 0 Å². The fraction of sp³-hybridized carbons (Fsp3) is 0.462. The average molecular weight is 253 g/mol. The second-order valence-corrected chi connectivity index (χ2v) is 3.86. The second-order valence-electron chi connectivity index (χ2n) is 3.86. The van der Waals surface area contributed by atoms with Crippen molar-refractivity contribution in [2.45, 2.75) is 19.6 Å². The highest BCUT2D eigenvalue weighted by Gasteiger charge is 2.10. The summed E-state index contributed by atoms with van der Waals surface area (Å²) in [5.74, 6) is 0.291. The lowest BCUT2D eigenvalue weighted by Gasteiger charge is -2.11. The van der Waals surface area contributed by atoms with Crippen LogP contribution in [0.25, 0.3) is 0 Å². The molecule has 0 amide bonds. The van der Waals surface area contributed by atoms with Crippen LogP contribution in [0.4, 0.5) is 0 Å². The fourth-order valence-corrected chi connectivity index (χ4v) is 1.39. The van der Waals surface area contributed by atoms with E-state index in [-0.39, 0.29) is 6.10 Å². The summed E-state index contributed by atoms with van der Waals surface area (Å²) in [6, 6.07) is 1.66. The molecule has 18 heavy (non-hydrogen) atoms. The van der Waals surface area contributed by atoms with Gasteiger partial charge < -0.3 is 19.2 Å². The van der Waals surface area contributed by atoms with Crippen LogP contribution in [0.2, 0.25) is 0 Å². The van der Waals surface area contributed by atoms with E-state index in [0.717, 1.165) is 0 Å². The minimum Gasteiger partial charge on any atom is -0.467 e. The van der Waals surface area contributed by atoms with Gasteiger partial charge in [-0.25, -0.2) is 4.79 Å². The van der Waals surface area contributed by atoms with Gasteiger partial charge in [0.1, 0.15) is 12.0 Å². The molecule has 0 radical (unpaired) electrons. The van der Waals surface area contributed by atoms with Crippen molar-refractivity contribution in [3.8, 4) is 0 Å². The number of hydrogen-bond acceptors (Lipinski definition) is 5. The number of methoxy groups -OCH3 is 1. The number of hydrogen-bond donors (Lipinski definition) is 1. The largest absolute Gasteiger partial charge is 0.467 e. The van der Waals surface area contributed by atoms with Crippen LogP contribution in [-0.4, -0.2) is 32.3 Å². The van der Waals surface area contributed by atoms with Gasteiger partial charge in [0.15, 0.2) is 0 Å². The number of ether oxygens (including phenoxy) is 2. The monoisotopic (exact) mass is 253 g/mol. The first-order valence-corrected chi connectivity index (χ1v) is 5.76. The molecular formula is C13H19NO4. The molecule has 0 fully saturated rings. The van der Waals surface area contributed by atoms with Crippen molar-refractivity contribution >= 4 is 5.97 Å². The van der Waals surface area contributed by atoms with Gasteiger partial charge in [-0.15, -0.1) is 6.58 Å². The molecule has 0 aliphatic rings. The highest BCUT2D eigenvalue weighted by Crippen LogP contribution is 2.08. The molecule has 0 aromatic carbocycles. The lowest BCUT2D eigenvalue weighted by molar-refractivity contribution is 0.0600. The molecule has 0 spiro atoms. The molecule has 5 heteroatoms. The highest BCUT2D eigenvalue weighted by molar-refractivity contribution is 5.88. The van der Waals surface area contributed by atoms with Crippen LogP contribution >= 0.6 is 0 Å². The molecule has 1 aromatic rings. The Hall–Kier alpha value is -1.59. The first-order chi connectivity index (χ1) is 8.67. The Kier molecular flexibility index (Phi) is 6.18. The van der Waals surface area contributed by atoms with Crippen LogP contribution in [0.1, 0.15) is 23.0 Å². The Morgan fingerprint density at radius 3 is 3.11 bits per heavy atom. The quantitative estimate of drug-likeness (QED) is 0.565. The Balaban J connectivity index is 2.29. The summed E-state index contributed by atoms with van der Waals surface area (Å²) in [6.07, 6.45) is 3.20. The maximum absolute atomic E-state index is 11.2. The Labute approximate surface area is 107 Å². The summed E-state index contributed by atoms with van der Waals surface area (Å²) in [5, 5.41) is 3.18. The zero-order valence-corrected chi connectivity index (χ0v) is 10.8. The normalized spacial score (nSPS) is 12.1. The molecule has 1 heterocycles. The zero-order chi connectivity index (χ0) is 13.4. The van der Waals surface area contributed by atoms with Gasteiger partial charge in [-0.1, -0.05) is 6.08 Å². The van der Waals surface area contributed by atoms with E-state index in [1.54, 1.807) is 12.1 Å². The van der Waals surface area contributed by atoms with Crippen molar-refractivity contribution in [3.05, 3.63) is 36.3 Å². The minimum atomic E-state index is -0.396. The molecule has 0 aliphatic carbocycles. The van der Waals surface area contributed by atoms with Crippen LogP contribution in [0.15, 0.2) is 29.4 Å². The van der Waals surface area contributed by atoms with Gasteiger partial charge in [-0.3, -0.25) is 0 Å². The number of nitrogens with one attached hydrogen (secondary N) is 1. The predicted molar refractivity (Wildman–Crippen MR) is 67.4 cm³/mol. The SMILES string of the molecule is C=CCOC(C)CNCc1cc(C(=O)OC)co1. The fourth-order valence-electron chi connectivity index (χ4n) is 1.39. The van der Waals surface area contributed by atoms with E-state index in [4.69, 9.17) is 9.15 Å². The minimum absolute atomic E-state index is 0.0954. The van der Waals surface area contributed by atoms with Crippen LogP contribution in [0.3, 0.4) is 0 Å². The van der Waals surface area contributed by atoms with Gasteiger partial charge in [-0.2, -0.15) is 0 Å². The number of carbonyl (C=O) groups excluding carboxylic acids is 1. The number of carbonyl (C=O) groups is 1. The standard InChI is InChI=1S/C13H19NO4/c1-4-5-17-10(2)7-14-8-12-6-11(9-18-12)13(15)16-3/h4,6,9-10,14H,1,5,7-8H2,2-3H3. The van der Waals surface area contributed by atoms with Gasteiger partial charge in [0.05, 0.1) is 31.9 Å². The van der Waals surface area contributed by atoms with Gasteiger partial charge in [0.2, 0.25) is 0 Å². The molecule has 1 aromatic heterocycles. The first-order valence-electron chi connectivity index (χ1n) is 5.76. The number of esters is 1. The first kappa shape index (κ1) is 14.5. The van der Waals surface area contributed by atoms with Crippen molar-refractivity contribution in [3.63, 3.8) is 0 Å². The van der Waals surface area contributed by atoms with Crippen LogP contribution in [-0.2, 0) is 16.0 Å². The van der Waals surface area contributed by atoms with Gasteiger partial charge >= 0.3 is 5.97 Å². The van der Waals surface area contributed by atoms with Crippen molar-refractivity contribution in [2.24, 2.45) is 0 Å². The summed E-state index contributed by atoms with van der Waals surface area (Å²) in [4.78, 5) is 11.2. The molecule has 0 saturated carbocycles. The van der Waals surface area contributed by atoms with Gasteiger partial charge in [-0.05, 0) is 13.0 Å².